The fraction of sp³-hybridized carbons (Fsp3) is 0.400. The number of carbonyl (C=O) groups is 2. The van der Waals surface area contributed by atoms with Gasteiger partial charge < -0.3 is 10.1 Å². The van der Waals surface area contributed by atoms with Crippen molar-refractivity contribution in [3.8, 4) is 0 Å². The summed E-state index contributed by atoms with van der Waals surface area (Å²) in [4.78, 5) is 23.7. The van der Waals surface area contributed by atoms with Gasteiger partial charge in [0.1, 0.15) is 5.00 Å². The van der Waals surface area contributed by atoms with E-state index in [9.17, 15) is 9.59 Å². The van der Waals surface area contributed by atoms with Gasteiger partial charge >= 0.3 is 5.97 Å². The van der Waals surface area contributed by atoms with Crippen LogP contribution in [0.4, 0.5) is 5.00 Å². The van der Waals surface area contributed by atoms with Gasteiger partial charge in [0.25, 0.3) is 0 Å². The van der Waals surface area contributed by atoms with E-state index in [1.807, 2.05) is 13.8 Å². The van der Waals surface area contributed by atoms with Gasteiger partial charge in [-0.1, -0.05) is 12.6 Å². The number of anilines is 1. The van der Waals surface area contributed by atoms with Crippen molar-refractivity contribution >= 4 is 40.8 Å². The molecule has 1 aromatic heterocycles. The number of thiophene rings is 1. The molecule has 0 spiro atoms. The van der Waals surface area contributed by atoms with Crippen LogP contribution in [-0.2, 0) is 9.53 Å². The van der Waals surface area contributed by atoms with Crippen LogP contribution in [-0.4, -0.2) is 24.7 Å². The molecule has 0 bridgehead atoms. The molecule has 1 heterocycles. The van der Waals surface area contributed by atoms with Crippen LogP contribution in [0, 0.1) is 13.8 Å². The van der Waals surface area contributed by atoms with Crippen LogP contribution >= 0.6 is 24.0 Å². The number of methoxy groups -OCH3 is 1. The molecule has 0 atom stereocenters. The van der Waals surface area contributed by atoms with Crippen LogP contribution in [0.25, 0.3) is 0 Å². The van der Waals surface area contributed by atoms with Gasteiger partial charge in [0.05, 0.1) is 18.4 Å². The highest BCUT2D eigenvalue weighted by atomic mass is 32.1. The molecule has 0 saturated heterocycles. The second-order valence-corrected chi connectivity index (χ2v) is 4.68. The first-order chi connectivity index (χ1) is 7.51. The van der Waals surface area contributed by atoms with Gasteiger partial charge in [-0.2, -0.15) is 0 Å². The second kappa shape index (κ2) is 5.36. The summed E-state index contributed by atoms with van der Waals surface area (Å²) in [6.07, 6.45) is 0. The Balaban J connectivity index is 3.13. The van der Waals surface area contributed by atoms with Crippen molar-refractivity contribution in [1.29, 1.82) is 0 Å². The van der Waals surface area contributed by atoms with Crippen LogP contribution in [0.1, 0.15) is 20.8 Å². The molecule has 1 rings (SSSR count). The number of hydrogen-bond acceptors (Lipinski definition) is 4. The van der Waals surface area contributed by atoms with E-state index in [0.717, 1.165) is 10.4 Å². The maximum atomic E-state index is 11.5. The molecule has 0 saturated carbocycles. The number of amides is 1. The Hall–Kier alpha value is -1.01. The molecule has 4 nitrogen and oxygen atoms in total. The number of esters is 1. The molecule has 0 aliphatic rings. The van der Waals surface area contributed by atoms with Crippen LogP contribution in [0.5, 0.6) is 0 Å². The third-order valence-electron chi connectivity index (χ3n) is 2.16. The van der Waals surface area contributed by atoms with Gasteiger partial charge in [-0.15, -0.1) is 11.3 Å². The van der Waals surface area contributed by atoms with E-state index in [2.05, 4.69) is 22.7 Å². The molecule has 1 amide bonds. The number of rotatable bonds is 3. The van der Waals surface area contributed by atoms with Crippen molar-refractivity contribution in [1.82, 2.24) is 0 Å². The summed E-state index contributed by atoms with van der Waals surface area (Å²) < 4.78 is 4.68. The summed E-state index contributed by atoms with van der Waals surface area (Å²) in [7, 11) is 1.31. The summed E-state index contributed by atoms with van der Waals surface area (Å²) in [5.41, 5.74) is 1.25. The summed E-state index contributed by atoms with van der Waals surface area (Å²) in [5, 5.41) is 3.12. The molecule has 1 aromatic rings. The van der Waals surface area contributed by atoms with E-state index in [-0.39, 0.29) is 11.7 Å². The van der Waals surface area contributed by atoms with E-state index in [0.29, 0.717) is 10.6 Å². The lowest BCUT2D eigenvalue weighted by molar-refractivity contribution is -0.113. The zero-order valence-electron chi connectivity index (χ0n) is 9.25. The number of hydrogen-bond donors (Lipinski definition) is 1. The lowest BCUT2D eigenvalue weighted by Gasteiger charge is -2.04. The largest absolute Gasteiger partial charge is 0.465 e. The van der Waals surface area contributed by atoms with Gasteiger partial charge in [0, 0.05) is 4.88 Å². The molecular formula is C10H12NO3S2. The summed E-state index contributed by atoms with van der Waals surface area (Å²) in [6, 6.07) is 0. The third-order valence-corrected chi connectivity index (χ3v) is 3.54. The normalized spacial score (nSPS) is 10.0. The Bertz CT molecular complexity index is 426. The molecule has 6 heteroatoms. The number of ether oxygens (including phenoxy) is 1. The molecule has 16 heavy (non-hydrogen) atoms. The van der Waals surface area contributed by atoms with Crippen LogP contribution in [0.2, 0.25) is 0 Å². The van der Waals surface area contributed by atoms with E-state index in [1.54, 1.807) is 0 Å². The SMILES string of the molecule is COC(=O)c1c(NC(=O)C[S])sc(C)c1C. The average molecular weight is 258 g/mol. The highest BCUT2D eigenvalue weighted by Crippen LogP contribution is 2.32. The monoisotopic (exact) mass is 258 g/mol. The van der Waals surface area contributed by atoms with Crippen molar-refractivity contribution in [2.75, 3.05) is 18.2 Å². The third kappa shape index (κ3) is 2.56. The lowest BCUT2D eigenvalue weighted by Crippen LogP contribution is -2.14. The zero-order chi connectivity index (χ0) is 12.3. The standard InChI is InChI=1S/C10H12NO3S2/c1-5-6(2)16-9(11-7(12)4-15)8(5)10(13)14-3/h4H2,1-3H3,(H,11,12). The van der Waals surface area contributed by atoms with Gasteiger partial charge in [0.2, 0.25) is 5.91 Å². The maximum absolute atomic E-state index is 11.5. The fourth-order valence-corrected chi connectivity index (χ4v) is 2.36. The Morgan fingerprint density at radius 3 is 2.56 bits per heavy atom. The topological polar surface area (TPSA) is 55.4 Å². The van der Waals surface area contributed by atoms with Gasteiger partial charge in [-0.25, -0.2) is 4.79 Å². The number of carbonyl (C=O) groups excluding carboxylic acids is 2. The van der Waals surface area contributed by atoms with Crippen LogP contribution < -0.4 is 5.32 Å². The predicted octanol–water partition coefficient (Wildman–Crippen LogP) is 2.29. The molecule has 0 aliphatic heterocycles. The molecule has 0 aliphatic carbocycles. The summed E-state index contributed by atoms with van der Waals surface area (Å²) in [6.45, 7) is 3.71. The minimum absolute atomic E-state index is 0.0311. The highest BCUT2D eigenvalue weighted by molar-refractivity contribution is 7.81. The molecule has 87 valence electrons. The van der Waals surface area contributed by atoms with Crippen LogP contribution in [0.15, 0.2) is 0 Å². The van der Waals surface area contributed by atoms with Crippen molar-refractivity contribution in [2.24, 2.45) is 0 Å². The van der Waals surface area contributed by atoms with Crippen molar-refractivity contribution < 1.29 is 14.3 Å². The predicted molar refractivity (Wildman–Crippen MR) is 66.2 cm³/mol. The molecule has 1 radical (unpaired) electrons. The first-order valence-corrected chi connectivity index (χ1v) is 5.96. The van der Waals surface area contributed by atoms with Crippen molar-refractivity contribution in [3.63, 3.8) is 0 Å². The first-order valence-electron chi connectivity index (χ1n) is 4.57. The fourth-order valence-electron chi connectivity index (χ4n) is 1.23. The quantitative estimate of drug-likeness (QED) is 0.846. The Labute approximate surface area is 103 Å². The molecule has 0 aromatic carbocycles. The first kappa shape index (κ1) is 13.1. The number of aryl methyl sites for hydroxylation is 1. The maximum Gasteiger partial charge on any atom is 0.341 e. The van der Waals surface area contributed by atoms with E-state index < -0.39 is 5.97 Å². The van der Waals surface area contributed by atoms with E-state index in [1.165, 1.54) is 18.4 Å². The highest BCUT2D eigenvalue weighted by Gasteiger charge is 2.21. The molecule has 0 fully saturated rings. The summed E-state index contributed by atoms with van der Waals surface area (Å²) >= 11 is 5.98. The molecular weight excluding hydrogens is 246 g/mol. The second-order valence-electron chi connectivity index (χ2n) is 3.17. The van der Waals surface area contributed by atoms with E-state index in [4.69, 9.17) is 0 Å². The Morgan fingerprint density at radius 1 is 1.44 bits per heavy atom. The Kier molecular flexibility index (Phi) is 4.37. The smallest absolute Gasteiger partial charge is 0.341 e. The molecule has 1 N–H and O–H groups in total. The number of nitrogens with one attached hydrogen (secondary N) is 1. The lowest BCUT2D eigenvalue weighted by atomic mass is 10.1. The minimum Gasteiger partial charge on any atom is -0.465 e. The van der Waals surface area contributed by atoms with Crippen molar-refractivity contribution in [3.05, 3.63) is 16.0 Å². The Morgan fingerprint density at radius 2 is 2.06 bits per heavy atom. The van der Waals surface area contributed by atoms with Gasteiger partial charge in [-0.3, -0.25) is 4.79 Å². The van der Waals surface area contributed by atoms with Crippen LogP contribution in [0.3, 0.4) is 0 Å². The minimum atomic E-state index is -0.443. The van der Waals surface area contributed by atoms with Gasteiger partial charge in [0.15, 0.2) is 0 Å². The van der Waals surface area contributed by atoms with Crippen molar-refractivity contribution in [2.45, 2.75) is 13.8 Å². The average Bonchev–Trinajstić information content (AvgIpc) is 2.53. The zero-order valence-corrected chi connectivity index (χ0v) is 10.9. The van der Waals surface area contributed by atoms with Gasteiger partial charge in [-0.05, 0) is 19.4 Å². The molecule has 0 unspecified atom stereocenters. The summed E-state index contributed by atoms with van der Waals surface area (Å²) in [5.74, 6) is -0.765. The van der Waals surface area contributed by atoms with E-state index >= 15 is 0 Å².